The average molecular weight is 278 g/mol. The molecule has 0 saturated heterocycles. The molecular formula is C17H14N2O2. The Labute approximate surface area is 122 Å². The third-order valence-electron chi connectivity index (χ3n) is 3.23. The predicted octanol–water partition coefficient (Wildman–Crippen LogP) is 3.06. The van der Waals surface area contributed by atoms with Crippen molar-refractivity contribution in [1.82, 2.24) is 9.97 Å². The molecule has 0 bridgehead atoms. The summed E-state index contributed by atoms with van der Waals surface area (Å²) in [5.74, 6) is 0.686. The second-order valence-corrected chi connectivity index (χ2v) is 4.70. The number of fused-ring (bicyclic) bond motifs is 1. The molecule has 0 unspecified atom stereocenters. The van der Waals surface area contributed by atoms with Crippen molar-refractivity contribution in [2.75, 3.05) is 7.11 Å². The molecule has 4 nitrogen and oxygen atoms in total. The fraction of sp³-hybridized carbons (Fsp3) is 0.118. The van der Waals surface area contributed by atoms with Crippen molar-refractivity contribution < 1.29 is 9.53 Å². The molecule has 2 aromatic carbocycles. The van der Waals surface area contributed by atoms with Crippen LogP contribution in [0.5, 0.6) is 5.75 Å². The Kier molecular flexibility index (Phi) is 3.60. The Morgan fingerprint density at radius 1 is 1.10 bits per heavy atom. The molecule has 1 heterocycles. The fourth-order valence-electron chi connectivity index (χ4n) is 2.15. The van der Waals surface area contributed by atoms with E-state index >= 15 is 0 Å². The lowest BCUT2D eigenvalue weighted by molar-refractivity contribution is 0.0988. The van der Waals surface area contributed by atoms with E-state index in [9.17, 15) is 4.79 Å². The van der Waals surface area contributed by atoms with Gasteiger partial charge in [-0.25, -0.2) is 4.98 Å². The predicted molar refractivity (Wildman–Crippen MR) is 80.6 cm³/mol. The van der Waals surface area contributed by atoms with Crippen LogP contribution < -0.4 is 4.74 Å². The third-order valence-corrected chi connectivity index (χ3v) is 3.23. The van der Waals surface area contributed by atoms with E-state index in [1.807, 2.05) is 48.5 Å². The minimum atomic E-state index is -0.0542. The van der Waals surface area contributed by atoms with Gasteiger partial charge in [0.15, 0.2) is 5.78 Å². The molecule has 3 aromatic rings. The van der Waals surface area contributed by atoms with Gasteiger partial charge in [0.25, 0.3) is 0 Å². The van der Waals surface area contributed by atoms with Crippen LogP contribution in [0.2, 0.25) is 0 Å². The van der Waals surface area contributed by atoms with Crippen LogP contribution in [0.1, 0.15) is 16.1 Å². The van der Waals surface area contributed by atoms with Crippen molar-refractivity contribution in [2.45, 2.75) is 6.42 Å². The second-order valence-electron chi connectivity index (χ2n) is 4.70. The summed E-state index contributed by atoms with van der Waals surface area (Å²) in [6.07, 6.45) is 1.81. The quantitative estimate of drug-likeness (QED) is 0.688. The van der Waals surface area contributed by atoms with Gasteiger partial charge in [-0.3, -0.25) is 9.78 Å². The monoisotopic (exact) mass is 278 g/mol. The molecule has 0 amide bonds. The molecule has 3 rings (SSSR count). The van der Waals surface area contributed by atoms with Gasteiger partial charge in [0.1, 0.15) is 11.4 Å². The first-order valence-electron chi connectivity index (χ1n) is 6.64. The molecule has 4 heteroatoms. The number of nitrogens with zero attached hydrogens (tertiary/aromatic N) is 2. The van der Waals surface area contributed by atoms with Crippen molar-refractivity contribution in [3.63, 3.8) is 0 Å². The van der Waals surface area contributed by atoms with Crippen molar-refractivity contribution in [3.05, 3.63) is 66.0 Å². The highest BCUT2D eigenvalue weighted by atomic mass is 16.5. The number of ether oxygens (including phenoxy) is 1. The highest BCUT2D eigenvalue weighted by molar-refractivity contribution is 5.96. The van der Waals surface area contributed by atoms with Crippen LogP contribution in [-0.2, 0) is 6.42 Å². The maximum Gasteiger partial charge on any atom is 0.187 e. The van der Waals surface area contributed by atoms with Crippen LogP contribution in [0, 0.1) is 0 Å². The van der Waals surface area contributed by atoms with E-state index in [1.54, 1.807) is 7.11 Å². The lowest BCUT2D eigenvalue weighted by Crippen LogP contribution is -2.07. The van der Waals surface area contributed by atoms with Gasteiger partial charge in [0, 0.05) is 6.42 Å². The van der Waals surface area contributed by atoms with E-state index in [0.29, 0.717) is 5.69 Å². The zero-order chi connectivity index (χ0) is 14.7. The van der Waals surface area contributed by atoms with Crippen LogP contribution in [0.4, 0.5) is 0 Å². The Balaban J connectivity index is 1.86. The number of ketones is 1. The number of hydrogen-bond donors (Lipinski definition) is 0. The molecule has 0 aliphatic heterocycles. The molecule has 1 aromatic heterocycles. The largest absolute Gasteiger partial charge is 0.497 e. The van der Waals surface area contributed by atoms with Gasteiger partial charge in [0.2, 0.25) is 0 Å². The molecule has 0 radical (unpaired) electrons. The Bertz CT molecular complexity index is 799. The van der Waals surface area contributed by atoms with Gasteiger partial charge in [-0.15, -0.1) is 0 Å². The summed E-state index contributed by atoms with van der Waals surface area (Å²) in [5, 5.41) is 0. The van der Waals surface area contributed by atoms with Gasteiger partial charge >= 0.3 is 0 Å². The number of para-hydroxylation sites is 2. The lowest BCUT2D eigenvalue weighted by atomic mass is 10.1. The van der Waals surface area contributed by atoms with Crippen molar-refractivity contribution in [1.29, 1.82) is 0 Å². The van der Waals surface area contributed by atoms with Crippen LogP contribution in [0.25, 0.3) is 11.0 Å². The Morgan fingerprint density at radius 3 is 2.71 bits per heavy atom. The number of benzene rings is 2. The SMILES string of the molecule is COc1cccc(CC(=O)c2cnc3ccccc3n2)c1. The summed E-state index contributed by atoms with van der Waals surface area (Å²) in [4.78, 5) is 21.0. The number of carbonyl (C=O) groups is 1. The molecule has 0 saturated carbocycles. The van der Waals surface area contributed by atoms with Crippen LogP contribution in [-0.4, -0.2) is 22.9 Å². The van der Waals surface area contributed by atoms with E-state index in [1.165, 1.54) is 6.20 Å². The highest BCUT2D eigenvalue weighted by Crippen LogP contribution is 2.15. The van der Waals surface area contributed by atoms with Crippen molar-refractivity contribution >= 4 is 16.8 Å². The molecule has 21 heavy (non-hydrogen) atoms. The number of hydrogen-bond acceptors (Lipinski definition) is 4. The maximum absolute atomic E-state index is 12.3. The highest BCUT2D eigenvalue weighted by Gasteiger charge is 2.10. The summed E-state index contributed by atoms with van der Waals surface area (Å²) >= 11 is 0. The fourth-order valence-corrected chi connectivity index (χ4v) is 2.15. The van der Waals surface area contributed by atoms with Gasteiger partial charge in [-0.05, 0) is 29.8 Å². The minimum Gasteiger partial charge on any atom is -0.497 e. The van der Waals surface area contributed by atoms with Gasteiger partial charge in [-0.1, -0.05) is 24.3 Å². The first-order chi connectivity index (χ1) is 10.3. The summed E-state index contributed by atoms with van der Waals surface area (Å²) in [6, 6.07) is 15.0. The normalized spacial score (nSPS) is 10.5. The first kappa shape index (κ1) is 13.2. The number of rotatable bonds is 4. The maximum atomic E-state index is 12.3. The van der Waals surface area contributed by atoms with Gasteiger partial charge in [-0.2, -0.15) is 0 Å². The third kappa shape index (κ3) is 2.89. The van der Waals surface area contributed by atoms with Gasteiger partial charge < -0.3 is 4.74 Å². The molecule has 0 atom stereocenters. The topological polar surface area (TPSA) is 52.1 Å². The number of methoxy groups -OCH3 is 1. The standard InChI is InChI=1S/C17H14N2O2/c1-21-13-6-4-5-12(9-13)10-17(20)16-11-18-14-7-2-3-8-15(14)19-16/h2-9,11H,10H2,1H3. The van der Waals surface area contributed by atoms with Crippen molar-refractivity contribution in [3.8, 4) is 5.75 Å². The number of Topliss-reactive ketones (excluding diaryl/α,β-unsaturated/α-hetero) is 1. The van der Waals surface area contributed by atoms with Gasteiger partial charge in [0.05, 0.1) is 24.3 Å². The summed E-state index contributed by atoms with van der Waals surface area (Å²) in [6.45, 7) is 0. The lowest BCUT2D eigenvalue weighted by Gasteiger charge is -2.04. The Hall–Kier alpha value is -2.75. The minimum absolute atomic E-state index is 0.0542. The zero-order valence-corrected chi connectivity index (χ0v) is 11.6. The molecule has 0 N–H and O–H groups in total. The number of carbonyl (C=O) groups excluding carboxylic acids is 1. The van der Waals surface area contributed by atoms with Crippen molar-refractivity contribution in [2.24, 2.45) is 0 Å². The molecule has 0 spiro atoms. The van der Waals surface area contributed by atoms with Crippen LogP contribution >= 0.6 is 0 Å². The zero-order valence-electron chi connectivity index (χ0n) is 11.6. The summed E-state index contributed by atoms with van der Waals surface area (Å²) in [7, 11) is 1.61. The smallest absolute Gasteiger partial charge is 0.187 e. The van der Waals surface area contributed by atoms with Crippen LogP contribution in [0.15, 0.2) is 54.7 Å². The first-order valence-corrected chi connectivity index (χ1v) is 6.64. The summed E-state index contributed by atoms with van der Waals surface area (Å²) < 4.78 is 5.16. The summed E-state index contributed by atoms with van der Waals surface area (Å²) in [5.41, 5.74) is 2.80. The van der Waals surface area contributed by atoms with Crippen LogP contribution in [0.3, 0.4) is 0 Å². The van der Waals surface area contributed by atoms with E-state index in [4.69, 9.17) is 4.74 Å². The Morgan fingerprint density at radius 2 is 1.90 bits per heavy atom. The molecule has 104 valence electrons. The molecule has 0 aliphatic carbocycles. The molecule has 0 fully saturated rings. The van der Waals surface area contributed by atoms with E-state index in [0.717, 1.165) is 22.3 Å². The average Bonchev–Trinajstić information content (AvgIpc) is 2.54. The van der Waals surface area contributed by atoms with E-state index in [2.05, 4.69) is 9.97 Å². The number of aromatic nitrogens is 2. The van der Waals surface area contributed by atoms with E-state index < -0.39 is 0 Å². The molecular weight excluding hydrogens is 264 g/mol. The van der Waals surface area contributed by atoms with E-state index in [-0.39, 0.29) is 12.2 Å². The molecule has 0 aliphatic rings. The second kappa shape index (κ2) is 5.71.